The van der Waals surface area contributed by atoms with Crippen LogP contribution in [0.5, 0.6) is 0 Å². The van der Waals surface area contributed by atoms with E-state index in [1.54, 1.807) is 31.2 Å². The van der Waals surface area contributed by atoms with Gasteiger partial charge in [-0.05, 0) is 31.2 Å². The Morgan fingerprint density at radius 1 is 1.26 bits per heavy atom. The van der Waals surface area contributed by atoms with Crippen molar-refractivity contribution in [2.24, 2.45) is 0 Å². The van der Waals surface area contributed by atoms with E-state index in [2.05, 4.69) is 5.32 Å². The predicted molar refractivity (Wildman–Crippen MR) is 91.6 cm³/mol. The van der Waals surface area contributed by atoms with Gasteiger partial charge < -0.3 is 10.2 Å². The topological polar surface area (TPSA) is 75.5 Å². The fourth-order valence-electron chi connectivity index (χ4n) is 2.21. The quantitative estimate of drug-likeness (QED) is 0.680. The number of carbonyl (C=O) groups excluding carboxylic acids is 1. The maximum Gasteiger partial charge on any atom is 0.273 e. The van der Waals surface area contributed by atoms with Crippen LogP contribution >= 0.6 is 11.6 Å². The molecule has 0 aliphatic rings. The molecule has 0 aliphatic carbocycles. The lowest BCUT2D eigenvalue weighted by atomic mass is 10.1. The summed E-state index contributed by atoms with van der Waals surface area (Å²) in [7, 11) is 3.73. The summed E-state index contributed by atoms with van der Waals surface area (Å²) in [6.45, 7) is 1.55. The summed E-state index contributed by atoms with van der Waals surface area (Å²) >= 11 is 6.17. The summed E-state index contributed by atoms with van der Waals surface area (Å²) in [5, 5.41) is 14.2. The lowest BCUT2D eigenvalue weighted by Gasteiger charge is -2.15. The van der Waals surface area contributed by atoms with Gasteiger partial charge in [0, 0.05) is 37.0 Å². The normalized spacial score (nSPS) is 10.3. The molecule has 23 heavy (non-hydrogen) atoms. The van der Waals surface area contributed by atoms with E-state index in [1.165, 1.54) is 12.1 Å². The average Bonchev–Trinajstić information content (AvgIpc) is 2.46. The summed E-state index contributed by atoms with van der Waals surface area (Å²) in [6, 6.07) is 9.57. The van der Waals surface area contributed by atoms with Crippen molar-refractivity contribution in [1.29, 1.82) is 0 Å². The highest BCUT2D eigenvalue weighted by Gasteiger charge is 2.18. The molecular weight excluding hydrogens is 318 g/mol. The first-order chi connectivity index (χ1) is 10.8. The molecular formula is C16H16ClN3O3. The van der Waals surface area contributed by atoms with Gasteiger partial charge in [-0.25, -0.2) is 0 Å². The second-order valence-electron chi connectivity index (χ2n) is 5.22. The van der Waals surface area contributed by atoms with Gasteiger partial charge in [0.05, 0.1) is 15.6 Å². The van der Waals surface area contributed by atoms with Gasteiger partial charge in [0.25, 0.3) is 11.6 Å². The lowest BCUT2D eigenvalue weighted by Crippen LogP contribution is -2.14. The zero-order chi connectivity index (χ0) is 17.1. The number of benzene rings is 2. The molecule has 7 heteroatoms. The third kappa shape index (κ3) is 3.60. The molecule has 0 atom stereocenters. The van der Waals surface area contributed by atoms with Crippen LogP contribution < -0.4 is 10.2 Å². The first kappa shape index (κ1) is 16.8. The highest BCUT2D eigenvalue weighted by molar-refractivity contribution is 6.33. The Kier molecular flexibility index (Phi) is 4.86. The van der Waals surface area contributed by atoms with Crippen LogP contribution in [0.4, 0.5) is 17.1 Å². The molecule has 2 rings (SSSR count). The average molecular weight is 334 g/mol. The van der Waals surface area contributed by atoms with Crippen LogP contribution in [0.15, 0.2) is 36.4 Å². The highest BCUT2D eigenvalue weighted by atomic mass is 35.5. The van der Waals surface area contributed by atoms with Gasteiger partial charge in [0.1, 0.15) is 0 Å². The van der Waals surface area contributed by atoms with Crippen LogP contribution in [0.2, 0.25) is 5.02 Å². The molecule has 0 aliphatic heterocycles. The van der Waals surface area contributed by atoms with Crippen LogP contribution in [-0.4, -0.2) is 24.9 Å². The fourth-order valence-corrected chi connectivity index (χ4v) is 2.56. The van der Waals surface area contributed by atoms with Crippen molar-refractivity contribution in [3.63, 3.8) is 0 Å². The summed E-state index contributed by atoms with van der Waals surface area (Å²) in [5.41, 5.74) is 1.85. The molecule has 1 N–H and O–H groups in total. The molecule has 2 aromatic rings. The summed E-state index contributed by atoms with van der Waals surface area (Å²) in [4.78, 5) is 24.7. The van der Waals surface area contributed by atoms with E-state index in [1.807, 2.05) is 19.0 Å². The molecule has 2 aromatic carbocycles. The largest absolute Gasteiger partial charge is 0.376 e. The smallest absolute Gasteiger partial charge is 0.273 e. The van der Waals surface area contributed by atoms with Gasteiger partial charge >= 0.3 is 0 Å². The van der Waals surface area contributed by atoms with Gasteiger partial charge in [-0.15, -0.1) is 0 Å². The third-order valence-corrected chi connectivity index (χ3v) is 3.74. The van der Waals surface area contributed by atoms with Crippen LogP contribution in [0.1, 0.15) is 15.9 Å². The molecule has 1 amide bonds. The maximum absolute atomic E-state index is 12.4. The zero-order valence-electron chi connectivity index (χ0n) is 13.0. The van der Waals surface area contributed by atoms with Crippen molar-refractivity contribution >= 4 is 34.6 Å². The second kappa shape index (κ2) is 6.66. The fraction of sp³-hybridized carbons (Fsp3) is 0.188. The number of carbonyl (C=O) groups is 1. The van der Waals surface area contributed by atoms with Crippen molar-refractivity contribution in [2.45, 2.75) is 6.92 Å². The first-order valence-corrected chi connectivity index (χ1v) is 7.21. The van der Waals surface area contributed by atoms with Crippen LogP contribution in [0.25, 0.3) is 0 Å². The molecule has 0 heterocycles. The molecule has 0 radical (unpaired) electrons. The number of nitro groups is 1. The van der Waals surface area contributed by atoms with Crippen molar-refractivity contribution < 1.29 is 9.72 Å². The Balaban J connectivity index is 2.28. The van der Waals surface area contributed by atoms with Crippen LogP contribution in [0.3, 0.4) is 0 Å². The van der Waals surface area contributed by atoms with Crippen molar-refractivity contribution in [3.05, 3.63) is 62.7 Å². The SMILES string of the molecule is Cc1c(C(=O)Nc2ccc(N(C)C)c(Cl)c2)cccc1[N+](=O)[O-]. The predicted octanol–water partition coefficient (Wildman–Crippen LogP) is 3.87. The monoisotopic (exact) mass is 333 g/mol. The Morgan fingerprint density at radius 2 is 1.96 bits per heavy atom. The zero-order valence-corrected chi connectivity index (χ0v) is 13.7. The Hall–Kier alpha value is -2.60. The van der Waals surface area contributed by atoms with Gasteiger partial charge in [-0.2, -0.15) is 0 Å². The number of nitrogens with zero attached hydrogens (tertiary/aromatic N) is 2. The third-order valence-electron chi connectivity index (χ3n) is 3.43. The molecule has 0 aromatic heterocycles. The number of hydrogen-bond acceptors (Lipinski definition) is 4. The number of hydrogen-bond donors (Lipinski definition) is 1. The van der Waals surface area contributed by atoms with Gasteiger partial charge in [-0.3, -0.25) is 14.9 Å². The van der Waals surface area contributed by atoms with E-state index in [-0.39, 0.29) is 11.3 Å². The summed E-state index contributed by atoms with van der Waals surface area (Å²) < 4.78 is 0. The van der Waals surface area contributed by atoms with E-state index in [9.17, 15) is 14.9 Å². The summed E-state index contributed by atoms with van der Waals surface area (Å²) in [6.07, 6.45) is 0. The molecule has 0 bridgehead atoms. The molecule has 0 spiro atoms. The minimum absolute atomic E-state index is 0.0846. The van der Waals surface area contributed by atoms with E-state index in [0.717, 1.165) is 5.69 Å². The van der Waals surface area contributed by atoms with Crippen molar-refractivity contribution in [3.8, 4) is 0 Å². The van der Waals surface area contributed by atoms with Crippen molar-refractivity contribution in [1.82, 2.24) is 0 Å². The maximum atomic E-state index is 12.4. The van der Waals surface area contributed by atoms with Gasteiger partial charge in [-0.1, -0.05) is 17.7 Å². The van der Waals surface area contributed by atoms with E-state index >= 15 is 0 Å². The second-order valence-corrected chi connectivity index (χ2v) is 5.63. The highest BCUT2D eigenvalue weighted by Crippen LogP contribution is 2.28. The van der Waals surface area contributed by atoms with Gasteiger partial charge in [0.2, 0.25) is 0 Å². The first-order valence-electron chi connectivity index (χ1n) is 6.83. The molecule has 0 saturated carbocycles. The Bertz CT molecular complexity index is 775. The minimum atomic E-state index is -0.505. The number of rotatable bonds is 4. The standard InChI is InChI=1S/C16H16ClN3O3/c1-10-12(5-4-6-14(10)20(22)23)16(21)18-11-7-8-15(19(2)3)13(17)9-11/h4-9H,1-3H3,(H,18,21). The molecule has 6 nitrogen and oxygen atoms in total. The van der Waals surface area contributed by atoms with Gasteiger partial charge in [0.15, 0.2) is 0 Å². The number of amides is 1. The molecule has 0 unspecified atom stereocenters. The lowest BCUT2D eigenvalue weighted by molar-refractivity contribution is -0.385. The minimum Gasteiger partial charge on any atom is -0.376 e. The van der Waals surface area contributed by atoms with Crippen LogP contribution in [0, 0.1) is 17.0 Å². The number of nitrogens with one attached hydrogen (secondary N) is 1. The number of halogens is 1. The molecule has 120 valence electrons. The Morgan fingerprint density at radius 3 is 2.52 bits per heavy atom. The van der Waals surface area contributed by atoms with Crippen LogP contribution in [-0.2, 0) is 0 Å². The van der Waals surface area contributed by atoms with E-state index in [0.29, 0.717) is 16.3 Å². The Labute approximate surface area is 138 Å². The van der Waals surface area contributed by atoms with E-state index in [4.69, 9.17) is 11.6 Å². The van der Waals surface area contributed by atoms with E-state index < -0.39 is 10.8 Å². The summed E-state index contributed by atoms with van der Waals surface area (Å²) in [5.74, 6) is -0.417. The number of anilines is 2. The number of nitro benzene ring substituents is 1. The molecule has 0 saturated heterocycles. The molecule has 0 fully saturated rings. The van der Waals surface area contributed by atoms with Crippen molar-refractivity contribution in [2.75, 3.05) is 24.3 Å².